The molecule has 1 aromatic carbocycles. The Labute approximate surface area is 103 Å². The normalized spacial score (nSPS) is 13.8. The first kappa shape index (κ1) is 14.1. The van der Waals surface area contributed by atoms with Crippen molar-refractivity contribution in [2.24, 2.45) is 11.3 Å². The Kier molecular flexibility index (Phi) is 4.28. The van der Waals surface area contributed by atoms with E-state index in [1.807, 2.05) is 19.9 Å². The lowest BCUT2D eigenvalue weighted by molar-refractivity contribution is 0.230. The summed E-state index contributed by atoms with van der Waals surface area (Å²) in [6.07, 6.45) is 0.925. The van der Waals surface area contributed by atoms with Crippen molar-refractivity contribution in [3.05, 3.63) is 34.6 Å². The minimum atomic E-state index is -0.174. The summed E-state index contributed by atoms with van der Waals surface area (Å²) in [4.78, 5) is 0. The van der Waals surface area contributed by atoms with Crippen LogP contribution in [0.1, 0.15) is 49.9 Å². The largest absolute Gasteiger partial charge is 0.271 e. The van der Waals surface area contributed by atoms with Gasteiger partial charge in [0.05, 0.1) is 6.04 Å². The summed E-state index contributed by atoms with van der Waals surface area (Å²) in [6.45, 7) is 10.1. The zero-order valence-corrected chi connectivity index (χ0v) is 11.4. The van der Waals surface area contributed by atoms with Crippen molar-refractivity contribution in [3.8, 4) is 0 Å². The van der Waals surface area contributed by atoms with Crippen LogP contribution in [0.4, 0.5) is 4.39 Å². The van der Waals surface area contributed by atoms with Gasteiger partial charge in [0.15, 0.2) is 0 Å². The Balaban J connectivity index is 3.31. The highest BCUT2D eigenvalue weighted by Gasteiger charge is 2.31. The van der Waals surface area contributed by atoms with Crippen LogP contribution < -0.4 is 11.3 Å². The molecule has 0 aliphatic rings. The molecular formula is C14H23FN2. The minimum absolute atomic E-state index is 0.0877. The first-order valence-corrected chi connectivity index (χ1v) is 6.06. The second kappa shape index (κ2) is 5.15. The van der Waals surface area contributed by atoms with Gasteiger partial charge in [0.2, 0.25) is 0 Å². The van der Waals surface area contributed by atoms with E-state index in [1.165, 1.54) is 0 Å². The van der Waals surface area contributed by atoms with Crippen molar-refractivity contribution < 1.29 is 4.39 Å². The molecular weight excluding hydrogens is 215 g/mol. The molecule has 0 heterocycles. The molecule has 3 heteroatoms. The maximum atomic E-state index is 14.1. The standard InChI is InChI=1S/C14H23FN2/c1-6-14(4,5)13(17-16)12-10(3)7-9(2)8-11(12)15/h7-8,13,17H,6,16H2,1-5H3. The molecule has 0 saturated carbocycles. The highest BCUT2D eigenvalue weighted by molar-refractivity contribution is 5.35. The maximum Gasteiger partial charge on any atom is 0.128 e. The van der Waals surface area contributed by atoms with E-state index in [0.717, 1.165) is 17.5 Å². The second-order valence-corrected chi connectivity index (χ2v) is 5.42. The van der Waals surface area contributed by atoms with Gasteiger partial charge in [0.1, 0.15) is 5.82 Å². The van der Waals surface area contributed by atoms with E-state index in [9.17, 15) is 4.39 Å². The fourth-order valence-corrected chi connectivity index (χ4v) is 2.20. The summed E-state index contributed by atoms with van der Waals surface area (Å²) in [5, 5.41) is 0. The van der Waals surface area contributed by atoms with Gasteiger partial charge < -0.3 is 0 Å². The quantitative estimate of drug-likeness (QED) is 0.623. The van der Waals surface area contributed by atoms with Crippen molar-refractivity contribution >= 4 is 0 Å². The van der Waals surface area contributed by atoms with E-state index in [4.69, 9.17) is 5.84 Å². The molecule has 96 valence electrons. The third-order valence-corrected chi connectivity index (χ3v) is 3.63. The topological polar surface area (TPSA) is 38.0 Å². The van der Waals surface area contributed by atoms with Gasteiger partial charge in [-0.25, -0.2) is 4.39 Å². The van der Waals surface area contributed by atoms with Gasteiger partial charge >= 0.3 is 0 Å². The molecule has 1 atom stereocenters. The molecule has 0 aliphatic carbocycles. The summed E-state index contributed by atoms with van der Waals surface area (Å²) in [5.74, 6) is 5.45. The molecule has 0 bridgehead atoms. The highest BCUT2D eigenvalue weighted by Crippen LogP contribution is 2.38. The van der Waals surface area contributed by atoms with Crippen LogP contribution in [0, 0.1) is 25.1 Å². The van der Waals surface area contributed by atoms with Gasteiger partial charge in [-0.1, -0.05) is 26.8 Å². The van der Waals surface area contributed by atoms with Crippen molar-refractivity contribution in [1.29, 1.82) is 0 Å². The van der Waals surface area contributed by atoms with E-state index in [1.54, 1.807) is 6.07 Å². The smallest absolute Gasteiger partial charge is 0.128 e. The molecule has 0 radical (unpaired) electrons. The van der Waals surface area contributed by atoms with Crippen LogP contribution in [0.25, 0.3) is 0 Å². The van der Waals surface area contributed by atoms with Crippen LogP contribution >= 0.6 is 0 Å². The van der Waals surface area contributed by atoms with Crippen molar-refractivity contribution in [1.82, 2.24) is 5.43 Å². The number of halogens is 1. The van der Waals surface area contributed by atoms with Crippen molar-refractivity contribution in [2.75, 3.05) is 0 Å². The van der Waals surface area contributed by atoms with Gasteiger partial charge in [-0.05, 0) is 42.9 Å². The molecule has 0 saturated heterocycles. The molecule has 0 fully saturated rings. The molecule has 1 unspecified atom stereocenters. The van der Waals surface area contributed by atoms with Crippen LogP contribution in [-0.2, 0) is 0 Å². The molecule has 0 aliphatic heterocycles. The molecule has 3 N–H and O–H groups in total. The Hall–Kier alpha value is -0.930. The number of benzene rings is 1. The summed E-state index contributed by atoms with van der Waals surface area (Å²) >= 11 is 0. The van der Waals surface area contributed by atoms with Gasteiger partial charge in [-0.3, -0.25) is 11.3 Å². The molecule has 2 nitrogen and oxygen atoms in total. The molecule has 1 rings (SSSR count). The Morgan fingerprint density at radius 1 is 1.35 bits per heavy atom. The van der Waals surface area contributed by atoms with E-state index >= 15 is 0 Å². The van der Waals surface area contributed by atoms with Crippen LogP contribution in [0.3, 0.4) is 0 Å². The lowest BCUT2D eigenvalue weighted by Crippen LogP contribution is -2.39. The molecule has 1 aromatic rings. The summed E-state index contributed by atoms with van der Waals surface area (Å²) < 4.78 is 14.1. The minimum Gasteiger partial charge on any atom is -0.271 e. The zero-order chi connectivity index (χ0) is 13.2. The Morgan fingerprint density at radius 3 is 2.35 bits per heavy atom. The zero-order valence-electron chi connectivity index (χ0n) is 11.4. The summed E-state index contributed by atoms with van der Waals surface area (Å²) in [5.41, 5.74) is 5.26. The first-order valence-electron chi connectivity index (χ1n) is 6.06. The number of rotatable bonds is 4. The van der Waals surface area contributed by atoms with Gasteiger partial charge in [-0.15, -0.1) is 0 Å². The van der Waals surface area contributed by atoms with Crippen molar-refractivity contribution in [2.45, 2.75) is 47.1 Å². The van der Waals surface area contributed by atoms with Crippen LogP contribution in [0.2, 0.25) is 0 Å². The predicted octanol–water partition coefficient (Wildman–Crippen LogP) is 3.38. The van der Waals surface area contributed by atoms with E-state index < -0.39 is 0 Å². The van der Waals surface area contributed by atoms with Crippen LogP contribution in [-0.4, -0.2) is 0 Å². The maximum absolute atomic E-state index is 14.1. The van der Waals surface area contributed by atoms with Gasteiger partial charge in [0, 0.05) is 5.56 Å². The summed E-state index contributed by atoms with van der Waals surface area (Å²) in [6, 6.07) is 3.39. The third-order valence-electron chi connectivity index (χ3n) is 3.63. The SMILES string of the molecule is CCC(C)(C)C(NN)c1c(C)cc(C)cc1F. The van der Waals surface area contributed by atoms with E-state index in [2.05, 4.69) is 26.2 Å². The Morgan fingerprint density at radius 2 is 1.94 bits per heavy atom. The fourth-order valence-electron chi connectivity index (χ4n) is 2.20. The lowest BCUT2D eigenvalue weighted by Gasteiger charge is -2.34. The second-order valence-electron chi connectivity index (χ2n) is 5.42. The number of nitrogens with two attached hydrogens (primary N) is 1. The monoisotopic (exact) mass is 238 g/mol. The van der Waals surface area contributed by atoms with Gasteiger partial charge in [-0.2, -0.15) is 0 Å². The van der Waals surface area contributed by atoms with Crippen molar-refractivity contribution in [3.63, 3.8) is 0 Å². The number of nitrogens with one attached hydrogen (secondary N) is 1. The van der Waals surface area contributed by atoms with E-state index in [-0.39, 0.29) is 17.3 Å². The molecule has 0 amide bonds. The molecule has 17 heavy (non-hydrogen) atoms. The average molecular weight is 238 g/mol. The highest BCUT2D eigenvalue weighted by atomic mass is 19.1. The van der Waals surface area contributed by atoms with E-state index in [0.29, 0.717) is 5.56 Å². The predicted molar refractivity (Wildman–Crippen MR) is 70.0 cm³/mol. The number of hydrogen-bond donors (Lipinski definition) is 2. The molecule has 0 aromatic heterocycles. The van der Waals surface area contributed by atoms with Crippen LogP contribution in [0.15, 0.2) is 12.1 Å². The Bertz CT molecular complexity index is 376. The lowest BCUT2D eigenvalue weighted by atomic mass is 9.77. The first-order chi connectivity index (χ1) is 7.83. The number of aryl methyl sites for hydroxylation is 2. The fraction of sp³-hybridized carbons (Fsp3) is 0.571. The average Bonchev–Trinajstić information content (AvgIpc) is 2.22. The summed E-state index contributed by atoms with van der Waals surface area (Å²) in [7, 11) is 0. The van der Waals surface area contributed by atoms with Gasteiger partial charge in [0.25, 0.3) is 0 Å². The number of hydrazine groups is 1. The third kappa shape index (κ3) is 2.85. The molecule has 0 spiro atoms. The number of hydrogen-bond acceptors (Lipinski definition) is 2. The van der Waals surface area contributed by atoms with Crippen LogP contribution in [0.5, 0.6) is 0 Å².